The molecule has 3 heteroatoms. The van der Waals surface area contributed by atoms with Gasteiger partial charge in [-0.15, -0.1) is 0 Å². The molecule has 0 radical (unpaired) electrons. The Hall–Kier alpha value is -0.670. The number of hydrogen-bond donors (Lipinski definition) is 1. The average molecular weight is 230 g/mol. The molecule has 0 unspecified atom stereocenters. The van der Waals surface area contributed by atoms with E-state index in [1.54, 1.807) is 18.2 Å². The van der Waals surface area contributed by atoms with E-state index in [4.69, 9.17) is 5.73 Å². The molecule has 0 spiro atoms. The highest BCUT2D eigenvalue weighted by molar-refractivity contribution is 9.10. The Morgan fingerprint density at radius 2 is 2.25 bits per heavy atom. The van der Waals surface area contributed by atoms with Crippen LogP contribution in [-0.2, 0) is 0 Å². The molecule has 0 aliphatic rings. The van der Waals surface area contributed by atoms with Crippen molar-refractivity contribution >= 4 is 22.0 Å². The van der Waals surface area contributed by atoms with Crippen molar-refractivity contribution in [3.05, 3.63) is 40.1 Å². The van der Waals surface area contributed by atoms with E-state index in [1.807, 2.05) is 6.07 Å². The van der Waals surface area contributed by atoms with E-state index in [9.17, 15) is 4.39 Å². The van der Waals surface area contributed by atoms with Gasteiger partial charge in [-0.3, -0.25) is 0 Å². The summed E-state index contributed by atoms with van der Waals surface area (Å²) in [5.41, 5.74) is 6.08. The molecule has 12 heavy (non-hydrogen) atoms. The minimum absolute atomic E-state index is 0.255. The molecule has 1 aromatic carbocycles. The highest BCUT2D eigenvalue weighted by Crippen LogP contribution is 2.16. The highest BCUT2D eigenvalue weighted by atomic mass is 79.9. The van der Waals surface area contributed by atoms with Crippen LogP contribution in [0.25, 0.3) is 6.08 Å². The topological polar surface area (TPSA) is 26.0 Å². The van der Waals surface area contributed by atoms with Gasteiger partial charge in [0.2, 0.25) is 0 Å². The smallest absolute Gasteiger partial charge is 0.137 e. The molecule has 1 rings (SSSR count). The molecule has 0 aromatic heterocycles. The summed E-state index contributed by atoms with van der Waals surface area (Å²) in [5, 5.41) is 0. The molecule has 0 aliphatic heterocycles. The third-order valence-electron chi connectivity index (χ3n) is 1.39. The largest absolute Gasteiger partial charge is 0.327 e. The van der Waals surface area contributed by atoms with Crippen molar-refractivity contribution in [2.45, 2.75) is 0 Å². The van der Waals surface area contributed by atoms with Crippen LogP contribution in [0.4, 0.5) is 4.39 Å². The van der Waals surface area contributed by atoms with Crippen molar-refractivity contribution in [2.24, 2.45) is 5.73 Å². The minimum atomic E-state index is -0.255. The first kappa shape index (κ1) is 9.42. The Kier molecular flexibility index (Phi) is 3.44. The molecule has 1 aromatic rings. The van der Waals surface area contributed by atoms with Crippen LogP contribution in [0.1, 0.15) is 5.56 Å². The fourth-order valence-electron chi connectivity index (χ4n) is 0.820. The second kappa shape index (κ2) is 4.38. The number of benzene rings is 1. The molecule has 0 amide bonds. The minimum Gasteiger partial charge on any atom is -0.327 e. The quantitative estimate of drug-likeness (QED) is 0.830. The van der Waals surface area contributed by atoms with Gasteiger partial charge >= 0.3 is 0 Å². The van der Waals surface area contributed by atoms with Crippen LogP contribution in [-0.4, -0.2) is 6.54 Å². The molecule has 1 nitrogen and oxygen atoms in total. The number of rotatable bonds is 2. The van der Waals surface area contributed by atoms with Gasteiger partial charge in [0.25, 0.3) is 0 Å². The van der Waals surface area contributed by atoms with Crippen LogP contribution in [0.5, 0.6) is 0 Å². The summed E-state index contributed by atoms with van der Waals surface area (Å²) < 4.78 is 13.4. The maximum atomic E-state index is 12.9. The van der Waals surface area contributed by atoms with E-state index in [0.29, 0.717) is 11.0 Å². The number of nitrogens with two attached hydrogens (primary N) is 1. The Bertz CT molecular complexity index is 297. The first-order chi connectivity index (χ1) is 5.74. The van der Waals surface area contributed by atoms with Gasteiger partial charge in [0, 0.05) is 6.54 Å². The summed E-state index contributed by atoms with van der Waals surface area (Å²) in [6, 6.07) is 4.95. The van der Waals surface area contributed by atoms with Crippen LogP contribution in [0, 0.1) is 5.82 Å². The Morgan fingerprint density at radius 3 is 2.83 bits per heavy atom. The van der Waals surface area contributed by atoms with Crippen molar-refractivity contribution in [1.82, 2.24) is 0 Å². The van der Waals surface area contributed by atoms with Crippen molar-refractivity contribution in [3.8, 4) is 0 Å². The maximum absolute atomic E-state index is 12.9. The Balaban J connectivity index is 2.89. The van der Waals surface area contributed by atoms with Gasteiger partial charge < -0.3 is 5.73 Å². The summed E-state index contributed by atoms with van der Waals surface area (Å²) in [6.07, 6.45) is 3.57. The monoisotopic (exact) mass is 229 g/mol. The second-order valence-corrected chi connectivity index (χ2v) is 3.17. The lowest BCUT2D eigenvalue weighted by molar-refractivity contribution is 0.621. The zero-order chi connectivity index (χ0) is 8.97. The van der Waals surface area contributed by atoms with E-state index in [2.05, 4.69) is 15.9 Å². The van der Waals surface area contributed by atoms with Crippen LogP contribution in [0.3, 0.4) is 0 Å². The predicted octanol–water partition coefficient (Wildman–Crippen LogP) is 2.56. The lowest BCUT2D eigenvalue weighted by Crippen LogP contribution is -1.92. The zero-order valence-electron chi connectivity index (χ0n) is 6.43. The zero-order valence-corrected chi connectivity index (χ0v) is 8.01. The van der Waals surface area contributed by atoms with E-state index in [-0.39, 0.29) is 5.82 Å². The van der Waals surface area contributed by atoms with Gasteiger partial charge in [0.1, 0.15) is 5.82 Å². The molecule has 0 saturated heterocycles. The van der Waals surface area contributed by atoms with Crippen molar-refractivity contribution in [1.29, 1.82) is 0 Å². The van der Waals surface area contributed by atoms with Crippen LogP contribution in [0.15, 0.2) is 28.7 Å². The number of halogens is 2. The summed E-state index contributed by atoms with van der Waals surface area (Å²) in [7, 11) is 0. The number of hydrogen-bond acceptors (Lipinski definition) is 1. The highest BCUT2D eigenvalue weighted by Gasteiger charge is 1.96. The molecular formula is C9H9BrFN. The Labute approximate surface area is 79.2 Å². The Morgan fingerprint density at radius 1 is 1.50 bits per heavy atom. The van der Waals surface area contributed by atoms with Crippen molar-refractivity contribution in [2.75, 3.05) is 6.54 Å². The molecule has 0 heterocycles. The summed E-state index contributed by atoms with van der Waals surface area (Å²) in [4.78, 5) is 0. The third-order valence-corrected chi connectivity index (χ3v) is 2.03. The summed E-state index contributed by atoms with van der Waals surface area (Å²) in [5.74, 6) is -0.255. The van der Waals surface area contributed by atoms with Crippen LogP contribution >= 0.6 is 15.9 Å². The summed E-state index contributed by atoms with van der Waals surface area (Å²) >= 11 is 3.07. The average Bonchev–Trinajstić information content (AvgIpc) is 2.07. The first-order valence-electron chi connectivity index (χ1n) is 3.55. The van der Waals surface area contributed by atoms with E-state index in [1.165, 1.54) is 6.07 Å². The predicted molar refractivity (Wildman–Crippen MR) is 52.2 cm³/mol. The molecule has 0 saturated carbocycles. The standard InChI is InChI=1S/C9H9BrFN/c10-8-4-3-7(2-1-5-12)6-9(8)11/h1-4,6H,5,12H2/b2-1+. The van der Waals surface area contributed by atoms with E-state index in [0.717, 1.165) is 5.56 Å². The first-order valence-corrected chi connectivity index (χ1v) is 4.35. The third kappa shape index (κ3) is 2.43. The summed E-state index contributed by atoms with van der Waals surface area (Å²) in [6.45, 7) is 0.470. The van der Waals surface area contributed by atoms with Gasteiger partial charge in [-0.25, -0.2) is 4.39 Å². The van der Waals surface area contributed by atoms with E-state index >= 15 is 0 Å². The lowest BCUT2D eigenvalue weighted by Gasteiger charge is -1.95. The van der Waals surface area contributed by atoms with E-state index < -0.39 is 0 Å². The van der Waals surface area contributed by atoms with Crippen LogP contribution < -0.4 is 5.73 Å². The molecule has 0 fully saturated rings. The molecule has 0 bridgehead atoms. The fourth-order valence-corrected chi connectivity index (χ4v) is 1.07. The van der Waals surface area contributed by atoms with Gasteiger partial charge in [0.15, 0.2) is 0 Å². The van der Waals surface area contributed by atoms with Crippen molar-refractivity contribution in [3.63, 3.8) is 0 Å². The molecule has 64 valence electrons. The van der Waals surface area contributed by atoms with Gasteiger partial charge in [0.05, 0.1) is 4.47 Å². The normalized spacial score (nSPS) is 10.9. The fraction of sp³-hybridized carbons (Fsp3) is 0.111. The molecule has 2 N–H and O–H groups in total. The lowest BCUT2D eigenvalue weighted by atomic mass is 10.2. The van der Waals surface area contributed by atoms with Gasteiger partial charge in [-0.2, -0.15) is 0 Å². The SMILES string of the molecule is NC/C=C/c1ccc(Br)c(F)c1. The van der Waals surface area contributed by atoms with Gasteiger partial charge in [-0.05, 0) is 33.6 Å². The molecular weight excluding hydrogens is 221 g/mol. The molecule has 0 aliphatic carbocycles. The van der Waals surface area contributed by atoms with Crippen molar-refractivity contribution < 1.29 is 4.39 Å². The molecule has 0 atom stereocenters. The van der Waals surface area contributed by atoms with Gasteiger partial charge in [-0.1, -0.05) is 18.2 Å². The maximum Gasteiger partial charge on any atom is 0.137 e. The van der Waals surface area contributed by atoms with Crippen LogP contribution in [0.2, 0.25) is 0 Å². The second-order valence-electron chi connectivity index (χ2n) is 2.31.